The van der Waals surface area contributed by atoms with Crippen LogP contribution in [0.3, 0.4) is 0 Å². The molecule has 0 unspecified atom stereocenters. The smallest absolute Gasteiger partial charge is 0.408 e. The summed E-state index contributed by atoms with van der Waals surface area (Å²) >= 11 is 3.33. The van der Waals surface area contributed by atoms with Crippen molar-refractivity contribution in [2.45, 2.75) is 6.54 Å². The summed E-state index contributed by atoms with van der Waals surface area (Å²) in [7, 11) is 0. The Morgan fingerprint density at radius 3 is 2.83 bits per heavy atom. The second-order valence-electron chi connectivity index (χ2n) is 3.89. The van der Waals surface area contributed by atoms with Crippen LogP contribution < -0.4 is 5.76 Å². The van der Waals surface area contributed by atoms with Gasteiger partial charge in [-0.25, -0.2) is 4.79 Å². The monoisotopic (exact) mass is 304 g/mol. The van der Waals surface area contributed by atoms with E-state index in [0.717, 1.165) is 15.7 Å². The molecule has 0 radical (unpaired) electrons. The van der Waals surface area contributed by atoms with Crippen LogP contribution in [-0.4, -0.2) is 9.55 Å². The topological polar surface area (TPSA) is 48.0 Å². The summed E-state index contributed by atoms with van der Waals surface area (Å²) in [5.41, 5.74) is 2.19. The number of benzene rings is 1. The van der Waals surface area contributed by atoms with Gasteiger partial charge < -0.3 is 4.42 Å². The molecule has 4 nitrogen and oxygen atoms in total. The molecule has 0 bridgehead atoms. The molecule has 2 aromatic heterocycles. The first-order valence-corrected chi connectivity index (χ1v) is 6.22. The zero-order valence-electron chi connectivity index (χ0n) is 9.34. The molecule has 0 saturated heterocycles. The largest absolute Gasteiger partial charge is 0.420 e. The van der Waals surface area contributed by atoms with Gasteiger partial charge in [-0.1, -0.05) is 12.1 Å². The van der Waals surface area contributed by atoms with Crippen LogP contribution in [0.4, 0.5) is 0 Å². The van der Waals surface area contributed by atoms with Gasteiger partial charge in [0.1, 0.15) is 0 Å². The summed E-state index contributed by atoms with van der Waals surface area (Å²) < 4.78 is 7.65. The Hall–Kier alpha value is -1.88. The molecular formula is C13H9BrN2O2. The first kappa shape index (κ1) is 11.2. The standard InChI is InChI=1S/C13H9BrN2O2/c14-9-5-6-10(15-7-9)8-16-11-3-1-2-4-12(11)18-13(16)17/h1-7H,8H2. The molecule has 90 valence electrons. The quantitative estimate of drug-likeness (QED) is 0.731. The lowest BCUT2D eigenvalue weighted by molar-refractivity contribution is 0.516. The van der Waals surface area contributed by atoms with E-state index in [1.165, 1.54) is 0 Å². The van der Waals surface area contributed by atoms with Crippen LogP contribution in [0, 0.1) is 0 Å². The van der Waals surface area contributed by atoms with Gasteiger partial charge in [-0.15, -0.1) is 0 Å². The Morgan fingerprint density at radius 1 is 1.22 bits per heavy atom. The lowest BCUT2D eigenvalue weighted by Gasteiger charge is -2.01. The highest BCUT2D eigenvalue weighted by molar-refractivity contribution is 9.10. The van der Waals surface area contributed by atoms with E-state index in [0.29, 0.717) is 12.1 Å². The number of rotatable bonds is 2. The lowest BCUT2D eigenvalue weighted by atomic mass is 10.3. The zero-order chi connectivity index (χ0) is 12.5. The van der Waals surface area contributed by atoms with E-state index in [4.69, 9.17) is 4.42 Å². The molecule has 0 aliphatic carbocycles. The number of halogens is 1. The molecule has 5 heteroatoms. The second-order valence-corrected chi connectivity index (χ2v) is 4.81. The van der Waals surface area contributed by atoms with Crippen molar-refractivity contribution in [3.05, 3.63) is 63.3 Å². The Bertz CT molecular complexity index is 744. The van der Waals surface area contributed by atoms with Gasteiger partial charge in [0.25, 0.3) is 0 Å². The first-order valence-electron chi connectivity index (χ1n) is 5.43. The Kier molecular flexibility index (Phi) is 2.76. The molecule has 3 aromatic rings. The maximum atomic E-state index is 11.8. The number of para-hydroxylation sites is 2. The first-order chi connectivity index (χ1) is 8.74. The third kappa shape index (κ3) is 1.97. The van der Waals surface area contributed by atoms with Gasteiger partial charge in [-0.3, -0.25) is 9.55 Å². The molecule has 3 rings (SSSR count). The molecule has 0 atom stereocenters. The average Bonchev–Trinajstić information content (AvgIpc) is 2.69. The predicted octanol–water partition coefficient (Wildman–Crippen LogP) is 2.80. The van der Waals surface area contributed by atoms with Crippen molar-refractivity contribution < 1.29 is 4.42 Å². The molecule has 0 aliphatic heterocycles. The summed E-state index contributed by atoms with van der Waals surface area (Å²) in [5, 5.41) is 0. The van der Waals surface area contributed by atoms with Crippen LogP contribution >= 0.6 is 15.9 Å². The molecule has 0 spiro atoms. The zero-order valence-corrected chi connectivity index (χ0v) is 10.9. The maximum absolute atomic E-state index is 11.8. The van der Waals surface area contributed by atoms with Gasteiger partial charge in [0, 0.05) is 10.7 Å². The molecule has 0 amide bonds. The van der Waals surface area contributed by atoms with Gasteiger partial charge >= 0.3 is 5.76 Å². The third-order valence-corrected chi connectivity index (χ3v) is 3.15. The minimum atomic E-state index is -0.360. The van der Waals surface area contributed by atoms with Crippen LogP contribution in [0.25, 0.3) is 11.1 Å². The Balaban J connectivity index is 2.07. The molecule has 18 heavy (non-hydrogen) atoms. The van der Waals surface area contributed by atoms with Crippen molar-refractivity contribution in [2.75, 3.05) is 0 Å². The SMILES string of the molecule is O=c1oc2ccccc2n1Cc1ccc(Br)cn1. The van der Waals surface area contributed by atoms with Crippen molar-refractivity contribution in [1.82, 2.24) is 9.55 Å². The van der Waals surface area contributed by atoms with Crippen LogP contribution in [0.5, 0.6) is 0 Å². The van der Waals surface area contributed by atoms with Crippen molar-refractivity contribution in [1.29, 1.82) is 0 Å². The summed E-state index contributed by atoms with van der Waals surface area (Å²) in [4.78, 5) is 16.0. The van der Waals surface area contributed by atoms with E-state index < -0.39 is 0 Å². The minimum absolute atomic E-state index is 0.360. The number of oxazole rings is 1. The highest BCUT2D eigenvalue weighted by Crippen LogP contribution is 2.14. The number of pyridine rings is 1. The fraction of sp³-hybridized carbons (Fsp3) is 0.0769. The summed E-state index contributed by atoms with van der Waals surface area (Å²) in [6.45, 7) is 0.406. The highest BCUT2D eigenvalue weighted by Gasteiger charge is 2.09. The average molecular weight is 305 g/mol. The van der Waals surface area contributed by atoms with Gasteiger partial charge in [-0.05, 0) is 40.2 Å². The molecule has 0 saturated carbocycles. The summed E-state index contributed by atoms with van der Waals surface area (Å²) in [6.07, 6.45) is 1.71. The molecule has 0 aliphatic rings. The minimum Gasteiger partial charge on any atom is -0.408 e. The molecule has 0 fully saturated rings. The fourth-order valence-electron chi connectivity index (χ4n) is 1.83. The normalized spacial score (nSPS) is 10.9. The van der Waals surface area contributed by atoms with E-state index >= 15 is 0 Å². The van der Waals surface area contributed by atoms with Crippen molar-refractivity contribution in [2.24, 2.45) is 0 Å². The third-order valence-electron chi connectivity index (χ3n) is 2.68. The van der Waals surface area contributed by atoms with E-state index in [-0.39, 0.29) is 5.76 Å². The van der Waals surface area contributed by atoms with E-state index in [9.17, 15) is 4.79 Å². The maximum Gasteiger partial charge on any atom is 0.420 e. The van der Waals surface area contributed by atoms with Gasteiger partial charge in [0.05, 0.1) is 17.8 Å². The van der Waals surface area contributed by atoms with Crippen molar-refractivity contribution >= 4 is 27.0 Å². The van der Waals surface area contributed by atoms with Gasteiger partial charge in [-0.2, -0.15) is 0 Å². The highest BCUT2D eigenvalue weighted by atomic mass is 79.9. The van der Waals surface area contributed by atoms with Crippen LogP contribution in [0.15, 0.2) is 56.3 Å². The fourth-order valence-corrected chi connectivity index (χ4v) is 2.06. The molecule has 0 N–H and O–H groups in total. The van der Waals surface area contributed by atoms with Gasteiger partial charge in [0.2, 0.25) is 0 Å². The summed E-state index contributed by atoms with van der Waals surface area (Å²) in [5.74, 6) is -0.360. The summed E-state index contributed by atoms with van der Waals surface area (Å²) in [6, 6.07) is 11.1. The van der Waals surface area contributed by atoms with Crippen LogP contribution in [-0.2, 0) is 6.54 Å². The van der Waals surface area contributed by atoms with Crippen molar-refractivity contribution in [3.63, 3.8) is 0 Å². The van der Waals surface area contributed by atoms with E-state index in [1.54, 1.807) is 16.8 Å². The molecular weight excluding hydrogens is 296 g/mol. The van der Waals surface area contributed by atoms with E-state index in [2.05, 4.69) is 20.9 Å². The van der Waals surface area contributed by atoms with Gasteiger partial charge in [0.15, 0.2) is 5.58 Å². The molecule has 1 aromatic carbocycles. The number of hydrogen-bond donors (Lipinski definition) is 0. The number of nitrogens with zero attached hydrogens (tertiary/aromatic N) is 2. The molecule has 2 heterocycles. The number of fused-ring (bicyclic) bond motifs is 1. The predicted molar refractivity (Wildman–Crippen MR) is 71.5 cm³/mol. The van der Waals surface area contributed by atoms with E-state index in [1.807, 2.05) is 30.3 Å². The lowest BCUT2D eigenvalue weighted by Crippen LogP contribution is -2.15. The second kappa shape index (κ2) is 4.42. The van der Waals surface area contributed by atoms with Crippen LogP contribution in [0.1, 0.15) is 5.69 Å². The Labute approximate surface area is 111 Å². The van der Waals surface area contributed by atoms with Crippen LogP contribution in [0.2, 0.25) is 0 Å². The van der Waals surface area contributed by atoms with Crippen molar-refractivity contribution in [3.8, 4) is 0 Å². The number of aromatic nitrogens is 2. The number of hydrogen-bond acceptors (Lipinski definition) is 3. The Morgan fingerprint density at radius 2 is 2.06 bits per heavy atom.